The van der Waals surface area contributed by atoms with Gasteiger partial charge >= 0.3 is 0 Å². The lowest BCUT2D eigenvalue weighted by atomic mass is 10.0. The van der Waals surface area contributed by atoms with Crippen molar-refractivity contribution in [2.75, 3.05) is 18.4 Å². The van der Waals surface area contributed by atoms with E-state index in [0.29, 0.717) is 6.54 Å². The maximum Gasteiger partial charge on any atom is 0.148 e. The van der Waals surface area contributed by atoms with Crippen molar-refractivity contribution in [3.63, 3.8) is 0 Å². The summed E-state index contributed by atoms with van der Waals surface area (Å²) in [4.78, 5) is 0. The van der Waals surface area contributed by atoms with Crippen LogP contribution in [-0.2, 0) is 0 Å². The van der Waals surface area contributed by atoms with Crippen LogP contribution in [0.5, 0.6) is 0 Å². The van der Waals surface area contributed by atoms with Crippen LogP contribution in [0.1, 0.15) is 17.5 Å². The molecule has 0 saturated heterocycles. The van der Waals surface area contributed by atoms with E-state index in [-0.39, 0.29) is 0 Å². The molecule has 0 aliphatic heterocycles. The second-order valence-corrected chi connectivity index (χ2v) is 4.67. The topological polar surface area (TPSA) is 63.8 Å². The SMILES string of the molecule is Cc1ccc(-c2ccc(NCCCN)nn2)cc1C. The highest BCUT2D eigenvalue weighted by Gasteiger charge is 2.02. The molecule has 0 aliphatic rings. The molecule has 0 unspecified atom stereocenters. The van der Waals surface area contributed by atoms with E-state index in [2.05, 4.69) is 47.6 Å². The van der Waals surface area contributed by atoms with Gasteiger partial charge in [-0.15, -0.1) is 10.2 Å². The van der Waals surface area contributed by atoms with Crippen LogP contribution >= 0.6 is 0 Å². The summed E-state index contributed by atoms with van der Waals surface area (Å²) in [6.45, 7) is 5.72. The first-order valence-corrected chi connectivity index (χ1v) is 6.56. The van der Waals surface area contributed by atoms with E-state index in [4.69, 9.17) is 5.73 Å². The lowest BCUT2D eigenvalue weighted by Gasteiger charge is -2.06. The second-order valence-electron chi connectivity index (χ2n) is 4.67. The van der Waals surface area contributed by atoms with Crippen molar-refractivity contribution in [1.29, 1.82) is 0 Å². The largest absolute Gasteiger partial charge is 0.369 e. The molecule has 0 fully saturated rings. The molecule has 0 spiro atoms. The van der Waals surface area contributed by atoms with Gasteiger partial charge in [-0.3, -0.25) is 0 Å². The lowest BCUT2D eigenvalue weighted by molar-refractivity contribution is 0.864. The number of anilines is 1. The van der Waals surface area contributed by atoms with Gasteiger partial charge in [0.05, 0.1) is 5.69 Å². The number of aryl methyl sites for hydroxylation is 2. The van der Waals surface area contributed by atoms with Crippen molar-refractivity contribution in [2.45, 2.75) is 20.3 Å². The summed E-state index contributed by atoms with van der Waals surface area (Å²) in [5.74, 6) is 0.793. The molecule has 2 aromatic rings. The number of aromatic nitrogens is 2. The van der Waals surface area contributed by atoms with Crippen molar-refractivity contribution in [2.24, 2.45) is 5.73 Å². The fraction of sp³-hybridized carbons (Fsp3) is 0.333. The average molecular weight is 256 g/mol. The van der Waals surface area contributed by atoms with Gasteiger partial charge in [0, 0.05) is 12.1 Å². The van der Waals surface area contributed by atoms with Crippen molar-refractivity contribution in [3.8, 4) is 11.3 Å². The minimum absolute atomic E-state index is 0.682. The summed E-state index contributed by atoms with van der Waals surface area (Å²) in [7, 11) is 0. The Morgan fingerprint density at radius 1 is 1.05 bits per heavy atom. The van der Waals surface area contributed by atoms with E-state index in [0.717, 1.165) is 30.0 Å². The monoisotopic (exact) mass is 256 g/mol. The molecule has 3 N–H and O–H groups in total. The molecule has 0 saturated carbocycles. The molecule has 19 heavy (non-hydrogen) atoms. The zero-order valence-corrected chi connectivity index (χ0v) is 11.5. The molecular formula is C15H20N4. The molecular weight excluding hydrogens is 236 g/mol. The number of nitrogens with zero attached hydrogens (tertiary/aromatic N) is 2. The molecule has 0 atom stereocenters. The van der Waals surface area contributed by atoms with Gasteiger partial charge in [0.15, 0.2) is 0 Å². The van der Waals surface area contributed by atoms with Crippen LogP contribution in [-0.4, -0.2) is 23.3 Å². The van der Waals surface area contributed by atoms with Gasteiger partial charge in [0.25, 0.3) is 0 Å². The van der Waals surface area contributed by atoms with Crippen LogP contribution in [0.4, 0.5) is 5.82 Å². The molecule has 0 amide bonds. The van der Waals surface area contributed by atoms with Crippen molar-refractivity contribution in [3.05, 3.63) is 41.5 Å². The van der Waals surface area contributed by atoms with Crippen LogP contribution in [0.25, 0.3) is 11.3 Å². The van der Waals surface area contributed by atoms with Crippen molar-refractivity contribution >= 4 is 5.82 Å². The van der Waals surface area contributed by atoms with E-state index >= 15 is 0 Å². The lowest BCUT2D eigenvalue weighted by Crippen LogP contribution is -2.09. The Morgan fingerprint density at radius 2 is 1.89 bits per heavy atom. The third-order valence-corrected chi connectivity index (χ3v) is 3.15. The molecule has 100 valence electrons. The Hall–Kier alpha value is -1.94. The highest BCUT2D eigenvalue weighted by Crippen LogP contribution is 2.20. The molecule has 0 radical (unpaired) electrons. The number of nitrogens with one attached hydrogen (secondary N) is 1. The minimum atomic E-state index is 0.682. The summed E-state index contributed by atoms with van der Waals surface area (Å²) < 4.78 is 0. The number of rotatable bonds is 5. The van der Waals surface area contributed by atoms with Gasteiger partial charge in [-0.05, 0) is 56.1 Å². The van der Waals surface area contributed by atoms with E-state index in [1.54, 1.807) is 0 Å². The number of hydrogen-bond acceptors (Lipinski definition) is 4. The summed E-state index contributed by atoms with van der Waals surface area (Å²) in [5, 5.41) is 11.6. The highest BCUT2D eigenvalue weighted by molar-refractivity contribution is 5.61. The molecule has 1 heterocycles. The van der Waals surface area contributed by atoms with Crippen LogP contribution in [0.2, 0.25) is 0 Å². The summed E-state index contributed by atoms with van der Waals surface area (Å²) >= 11 is 0. The minimum Gasteiger partial charge on any atom is -0.369 e. The molecule has 4 heteroatoms. The predicted octanol–water partition coefficient (Wildman–Crippen LogP) is 2.52. The molecule has 2 rings (SSSR count). The zero-order chi connectivity index (χ0) is 13.7. The second kappa shape index (κ2) is 6.29. The normalized spacial score (nSPS) is 10.5. The average Bonchev–Trinajstić information content (AvgIpc) is 2.43. The summed E-state index contributed by atoms with van der Waals surface area (Å²) in [6, 6.07) is 10.3. The van der Waals surface area contributed by atoms with Gasteiger partial charge in [-0.2, -0.15) is 0 Å². The van der Waals surface area contributed by atoms with E-state index in [9.17, 15) is 0 Å². The van der Waals surface area contributed by atoms with E-state index < -0.39 is 0 Å². The summed E-state index contributed by atoms with van der Waals surface area (Å²) in [5.41, 5.74) is 10.00. The van der Waals surface area contributed by atoms with Crippen LogP contribution < -0.4 is 11.1 Å². The van der Waals surface area contributed by atoms with E-state index in [1.165, 1.54) is 11.1 Å². The molecule has 0 aliphatic carbocycles. The standard InChI is InChI=1S/C15H20N4/c1-11-4-5-13(10-12(11)2)14-6-7-15(19-18-14)17-9-3-8-16/h4-7,10H,3,8-9,16H2,1-2H3,(H,17,19). The molecule has 1 aromatic heterocycles. The third-order valence-electron chi connectivity index (χ3n) is 3.15. The van der Waals surface area contributed by atoms with Crippen LogP contribution in [0.3, 0.4) is 0 Å². The number of benzene rings is 1. The quantitative estimate of drug-likeness (QED) is 0.807. The predicted molar refractivity (Wildman–Crippen MR) is 79.1 cm³/mol. The first-order valence-electron chi connectivity index (χ1n) is 6.56. The number of nitrogens with two attached hydrogens (primary N) is 1. The highest BCUT2D eigenvalue weighted by atomic mass is 15.2. The van der Waals surface area contributed by atoms with Gasteiger partial charge in [-0.25, -0.2) is 0 Å². The Kier molecular flexibility index (Phi) is 4.47. The fourth-order valence-electron chi connectivity index (χ4n) is 1.80. The van der Waals surface area contributed by atoms with Gasteiger partial charge < -0.3 is 11.1 Å². The Bertz CT molecular complexity index is 534. The fourth-order valence-corrected chi connectivity index (χ4v) is 1.80. The molecule has 0 bridgehead atoms. The maximum absolute atomic E-state index is 5.44. The molecule has 4 nitrogen and oxygen atoms in total. The smallest absolute Gasteiger partial charge is 0.148 e. The number of hydrogen-bond donors (Lipinski definition) is 2. The summed E-state index contributed by atoms with van der Waals surface area (Å²) in [6.07, 6.45) is 0.931. The zero-order valence-electron chi connectivity index (χ0n) is 11.5. The first-order chi connectivity index (χ1) is 9.20. The van der Waals surface area contributed by atoms with Crippen LogP contribution in [0, 0.1) is 13.8 Å². The van der Waals surface area contributed by atoms with Crippen molar-refractivity contribution < 1.29 is 0 Å². The third kappa shape index (κ3) is 3.51. The Balaban J connectivity index is 2.11. The van der Waals surface area contributed by atoms with Gasteiger partial charge in [0.2, 0.25) is 0 Å². The first kappa shape index (κ1) is 13.5. The van der Waals surface area contributed by atoms with E-state index in [1.807, 2.05) is 12.1 Å². The maximum atomic E-state index is 5.44. The molecule has 1 aromatic carbocycles. The van der Waals surface area contributed by atoms with Gasteiger partial charge in [-0.1, -0.05) is 12.1 Å². The van der Waals surface area contributed by atoms with Gasteiger partial charge in [0.1, 0.15) is 5.82 Å². The Morgan fingerprint density at radius 3 is 2.53 bits per heavy atom. The Labute approximate surface area is 114 Å². The van der Waals surface area contributed by atoms with Crippen molar-refractivity contribution in [1.82, 2.24) is 10.2 Å². The van der Waals surface area contributed by atoms with Crippen LogP contribution in [0.15, 0.2) is 30.3 Å².